The van der Waals surface area contributed by atoms with Gasteiger partial charge >= 0.3 is 6.09 Å². The van der Waals surface area contributed by atoms with Crippen LogP contribution in [0.4, 0.5) is 4.79 Å². The van der Waals surface area contributed by atoms with Gasteiger partial charge in [-0.25, -0.2) is 4.79 Å². The van der Waals surface area contributed by atoms with E-state index in [9.17, 15) is 9.59 Å². The van der Waals surface area contributed by atoms with Crippen LogP contribution in [0.15, 0.2) is 60.7 Å². The van der Waals surface area contributed by atoms with E-state index in [0.29, 0.717) is 6.61 Å². The number of ether oxygens (including phenoxy) is 2. The molecule has 0 spiro atoms. The van der Waals surface area contributed by atoms with Gasteiger partial charge in [0.25, 0.3) is 0 Å². The van der Waals surface area contributed by atoms with E-state index in [2.05, 4.69) is 10.6 Å². The van der Waals surface area contributed by atoms with Gasteiger partial charge in [0.1, 0.15) is 11.6 Å². The van der Waals surface area contributed by atoms with Crippen molar-refractivity contribution in [2.45, 2.75) is 52.0 Å². The van der Waals surface area contributed by atoms with Gasteiger partial charge in [0, 0.05) is 0 Å². The highest BCUT2D eigenvalue weighted by molar-refractivity contribution is 5.86. The lowest BCUT2D eigenvalue weighted by Crippen LogP contribution is -2.51. The van der Waals surface area contributed by atoms with Gasteiger partial charge in [0.15, 0.2) is 0 Å². The lowest BCUT2D eigenvalue weighted by molar-refractivity contribution is -0.125. The van der Waals surface area contributed by atoms with Crippen LogP contribution in [0.25, 0.3) is 0 Å². The third-order valence-corrected chi connectivity index (χ3v) is 4.06. The number of carbonyl (C=O) groups excluding carboxylic acids is 2. The molecule has 0 bridgehead atoms. The Morgan fingerprint density at radius 2 is 1.52 bits per heavy atom. The van der Waals surface area contributed by atoms with Crippen molar-refractivity contribution in [1.82, 2.24) is 10.6 Å². The lowest BCUT2D eigenvalue weighted by Gasteiger charge is -2.24. The van der Waals surface area contributed by atoms with Gasteiger partial charge in [-0.2, -0.15) is 0 Å². The van der Waals surface area contributed by atoms with E-state index >= 15 is 0 Å². The molecule has 2 amide bonds. The normalized spacial score (nSPS) is 13.2. The minimum Gasteiger partial charge on any atom is -0.444 e. The van der Waals surface area contributed by atoms with Crippen LogP contribution in [0.5, 0.6) is 0 Å². The SMILES string of the molecule is C[C@H](NC(=O)[C@H](COCc1ccccc1)NC(=O)OC(C)(C)C)c1ccccc1. The van der Waals surface area contributed by atoms with Crippen molar-refractivity contribution in [3.05, 3.63) is 71.8 Å². The zero-order valence-electron chi connectivity index (χ0n) is 17.5. The molecule has 0 saturated heterocycles. The van der Waals surface area contributed by atoms with Crippen molar-refractivity contribution in [3.8, 4) is 0 Å². The predicted octanol–water partition coefficient (Wildman–Crippen LogP) is 3.97. The highest BCUT2D eigenvalue weighted by Crippen LogP contribution is 2.12. The molecule has 156 valence electrons. The van der Waals surface area contributed by atoms with Gasteiger partial charge < -0.3 is 20.1 Å². The zero-order valence-corrected chi connectivity index (χ0v) is 17.5. The van der Waals surface area contributed by atoms with Crippen molar-refractivity contribution in [3.63, 3.8) is 0 Å². The Labute approximate surface area is 172 Å². The highest BCUT2D eigenvalue weighted by atomic mass is 16.6. The Morgan fingerprint density at radius 3 is 2.10 bits per heavy atom. The molecule has 0 aliphatic rings. The second kappa shape index (κ2) is 10.6. The van der Waals surface area contributed by atoms with E-state index in [1.54, 1.807) is 20.8 Å². The van der Waals surface area contributed by atoms with E-state index in [1.165, 1.54) is 0 Å². The van der Waals surface area contributed by atoms with Crippen LogP contribution in [0, 0.1) is 0 Å². The third kappa shape index (κ3) is 8.35. The number of carbonyl (C=O) groups is 2. The molecule has 0 aliphatic carbocycles. The van der Waals surface area contributed by atoms with E-state index in [0.717, 1.165) is 11.1 Å². The molecular formula is C23H30N2O4. The summed E-state index contributed by atoms with van der Waals surface area (Å²) in [6, 6.07) is 18.2. The fraction of sp³-hybridized carbons (Fsp3) is 0.391. The average Bonchev–Trinajstić information content (AvgIpc) is 2.67. The Morgan fingerprint density at radius 1 is 0.931 bits per heavy atom. The molecule has 0 saturated carbocycles. The molecule has 0 unspecified atom stereocenters. The maximum Gasteiger partial charge on any atom is 0.408 e. The van der Waals surface area contributed by atoms with Crippen LogP contribution in [0.2, 0.25) is 0 Å². The van der Waals surface area contributed by atoms with Crippen LogP contribution in [-0.2, 0) is 20.9 Å². The molecule has 2 aromatic rings. The van der Waals surface area contributed by atoms with Crippen molar-refractivity contribution < 1.29 is 19.1 Å². The first-order valence-corrected chi connectivity index (χ1v) is 9.71. The number of amides is 2. The zero-order chi connectivity index (χ0) is 21.3. The second-order valence-corrected chi connectivity index (χ2v) is 7.84. The lowest BCUT2D eigenvalue weighted by atomic mass is 10.1. The van der Waals surface area contributed by atoms with E-state index in [-0.39, 0.29) is 18.6 Å². The summed E-state index contributed by atoms with van der Waals surface area (Å²) in [6.07, 6.45) is -0.659. The fourth-order valence-electron chi connectivity index (χ4n) is 2.64. The molecule has 0 aromatic heterocycles. The molecule has 2 aromatic carbocycles. The third-order valence-electron chi connectivity index (χ3n) is 4.06. The monoisotopic (exact) mass is 398 g/mol. The first kappa shape index (κ1) is 22.4. The molecular weight excluding hydrogens is 368 g/mol. The van der Waals surface area contributed by atoms with Crippen LogP contribution >= 0.6 is 0 Å². The summed E-state index contributed by atoms with van der Waals surface area (Å²) in [4.78, 5) is 25.0. The molecule has 2 N–H and O–H groups in total. The van der Waals surface area contributed by atoms with Crippen molar-refractivity contribution in [2.75, 3.05) is 6.61 Å². The maximum absolute atomic E-state index is 12.8. The highest BCUT2D eigenvalue weighted by Gasteiger charge is 2.25. The quantitative estimate of drug-likeness (QED) is 0.705. The number of hydrogen-bond donors (Lipinski definition) is 2. The molecule has 6 heteroatoms. The minimum atomic E-state index is -0.875. The largest absolute Gasteiger partial charge is 0.444 e. The topological polar surface area (TPSA) is 76.7 Å². The van der Waals surface area contributed by atoms with E-state index in [1.807, 2.05) is 67.6 Å². The van der Waals surface area contributed by atoms with Crippen LogP contribution < -0.4 is 10.6 Å². The van der Waals surface area contributed by atoms with Gasteiger partial charge in [-0.1, -0.05) is 60.7 Å². The molecule has 0 radical (unpaired) electrons. The summed E-state index contributed by atoms with van der Waals surface area (Å²) in [5.74, 6) is -0.333. The number of benzene rings is 2. The number of rotatable bonds is 8. The number of alkyl carbamates (subject to hydrolysis) is 1. The molecule has 2 rings (SSSR count). The second-order valence-electron chi connectivity index (χ2n) is 7.84. The van der Waals surface area contributed by atoms with Crippen molar-refractivity contribution in [1.29, 1.82) is 0 Å². The summed E-state index contributed by atoms with van der Waals surface area (Å²) in [7, 11) is 0. The Hall–Kier alpha value is -2.86. The van der Waals surface area contributed by atoms with E-state index in [4.69, 9.17) is 9.47 Å². The first-order valence-electron chi connectivity index (χ1n) is 9.71. The summed E-state index contributed by atoms with van der Waals surface area (Å²) < 4.78 is 11.0. The van der Waals surface area contributed by atoms with Gasteiger partial charge in [0.05, 0.1) is 19.3 Å². The molecule has 0 heterocycles. The molecule has 0 fully saturated rings. The standard InChI is InChI=1S/C23H30N2O4/c1-17(19-13-9-6-10-14-19)24-21(26)20(25-22(27)29-23(2,3)4)16-28-15-18-11-7-5-8-12-18/h5-14,17,20H,15-16H2,1-4H3,(H,24,26)(H,25,27)/t17-,20-/m0/s1. The molecule has 2 atom stereocenters. The molecule has 0 aliphatic heterocycles. The Kier molecular flexibility index (Phi) is 8.21. The molecule has 29 heavy (non-hydrogen) atoms. The van der Waals surface area contributed by atoms with Crippen LogP contribution in [-0.4, -0.2) is 30.3 Å². The van der Waals surface area contributed by atoms with Crippen LogP contribution in [0.3, 0.4) is 0 Å². The maximum atomic E-state index is 12.8. The van der Waals surface area contributed by atoms with Gasteiger partial charge in [-0.05, 0) is 38.8 Å². The summed E-state index contributed by atoms with van der Waals surface area (Å²) in [6.45, 7) is 7.57. The average molecular weight is 399 g/mol. The van der Waals surface area contributed by atoms with Crippen molar-refractivity contribution in [2.24, 2.45) is 0 Å². The summed E-state index contributed by atoms with van der Waals surface area (Å²) >= 11 is 0. The fourth-order valence-corrected chi connectivity index (χ4v) is 2.64. The minimum absolute atomic E-state index is 0.0292. The van der Waals surface area contributed by atoms with Gasteiger partial charge in [-0.15, -0.1) is 0 Å². The van der Waals surface area contributed by atoms with Crippen molar-refractivity contribution >= 4 is 12.0 Å². The number of nitrogens with one attached hydrogen (secondary N) is 2. The first-order chi connectivity index (χ1) is 13.7. The van der Waals surface area contributed by atoms with E-state index < -0.39 is 17.7 Å². The Balaban J connectivity index is 1.99. The van der Waals surface area contributed by atoms with Gasteiger partial charge in [-0.3, -0.25) is 4.79 Å². The smallest absolute Gasteiger partial charge is 0.408 e. The van der Waals surface area contributed by atoms with Crippen LogP contribution in [0.1, 0.15) is 44.9 Å². The number of hydrogen-bond acceptors (Lipinski definition) is 4. The Bertz CT molecular complexity index is 772. The molecule has 6 nitrogen and oxygen atoms in total. The van der Waals surface area contributed by atoms with Gasteiger partial charge in [0.2, 0.25) is 5.91 Å². The summed E-state index contributed by atoms with van der Waals surface area (Å²) in [5, 5.41) is 5.54. The summed E-state index contributed by atoms with van der Waals surface area (Å²) in [5.41, 5.74) is 1.30. The predicted molar refractivity (Wildman–Crippen MR) is 112 cm³/mol.